The number of nitrogens with one attached hydrogen (secondary N) is 2. The molecule has 4 rings (SSSR count). The van der Waals surface area contributed by atoms with Crippen molar-refractivity contribution in [1.29, 1.82) is 0 Å². The van der Waals surface area contributed by atoms with Crippen molar-refractivity contribution in [2.75, 3.05) is 44.2 Å². The average Bonchev–Trinajstić information content (AvgIpc) is 2.80. The van der Waals surface area contributed by atoms with E-state index in [1.54, 1.807) is 19.1 Å². The van der Waals surface area contributed by atoms with E-state index in [4.69, 9.17) is 4.74 Å². The average molecular weight is 439 g/mol. The zero-order valence-corrected chi connectivity index (χ0v) is 18.0. The first-order valence-electron chi connectivity index (χ1n) is 10.8. The van der Waals surface area contributed by atoms with E-state index in [1.165, 1.54) is 17.8 Å². The Hall–Kier alpha value is -3.39. The van der Waals surface area contributed by atoms with E-state index in [-0.39, 0.29) is 12.4 Å². The fraction of sp³-hybridized carbons (Fsp3) is 0.333. The normalized spacial score (nSPS) is 19.4. The number of rotatable bonds is 6. The summed E-state index contributed by atoms with van der Waals surface area (Å²) in [6, 6.07) is 14.9. The lowest BCUT2D eigenvalue weighted by molar-refractivity contribution is -0.139. The van der Waals surface area contributed by atoms with Crippen LogP contribution in [0.4, 0.5) is 14.9 Å². The predicted molar refractivity (Wildman–Crippen MR) is 120 cm³/mol. The number of hydrogen-bond acceptors (Lipinski definition) is 5. The number of hydrogen-bond donors (Lipinski definition) is 2. The molecule has 1 unspecified atom stereocenters. The van der Waals surface area contributed by atoms with Crippen LogP contribution in [0.2, 0.25) is 0 Å². The fourth-order valence-electron chi connectivity index (χ4n) is 4.12. The molecule has 1 saturated heterocycles. The van der Waals surface area contributed by atoms with Gasteiger partial charge in [-0.25, -0.2) is 14.0 Å². The van der Waals surface area contributed by atoms with Crippen LogP contribution in [0.15, 0.2) is 65.9 Å². The maximum absolute atomic E-state index is 13.4. The van der Waals surface area contributed by atoms with Gasteiger partial charge in [-0.3, -0.25) is 4.90 Å². The molecule has 0 aliphatic carbocycles. The summed E-state index contributed by atoms with van der Waals surface area (Å²) in [6.07, 6.45) is 0. The van der Waals surface area contributed by atoms with Gasteiger partial charge in [-0.2, -0.15) is 0 Å². The van der Waals surface area contributed by atoms with Gasteiger partial charge >= 0.3 is 12.0 Å². The van der Waals surface area contributed by atoms with Crippen LogP contribution in [0.1, 0.15) is 18.5 Å². The fourth-order valence-corrected chi connectivity index (χ4v) is 4.12. The highest BCUT2D eigenvalue weighted by Gasteiger charge is 2.34. The monoisotopic (exact) mass is 438 g/mol. The van der Waals surface area contributed by atoms with Gasteiger partial charge < -0.3 is 20.3 Å². The van der Waals surface area contributed by atoms with Gasteiger partial charge in [0.2, 0.25) is 0 Å². The van der Waals surface area contributed by atoms with Crippen LogP contribution >= 0.6 is 0 Å². The minimum Gasteiger partial charge on any atom is -0.463 e. The van der Waals surface area contributed by atoms with E-state index in [0.29, 0.717) is 23.4 Å². The van der Waals surface area contributed by atoms with Crippen molar-refractivity contribution in [3.63, 3.8) is 0 Å². The van der Waals surface area contributed by atoms with E-state index in [1.807, 2.05) is 18.2 Å². The lowest BCUT2D eigenvalue weighted by Gasteiger charge is -2.38. The van der Waals surface area contributed by atoms with Crippen molar-refractivity contribution in [2.45, 2.75) is 13.0 Å². The number of amides is 2. The first kappa shape index (κ1) is 21.8. The standard InChI is InChI=1S/C24H27FN4O3/c1-2-32-23(30)21-20(26-24(31)27-22(21)17-8-10-18(25)11-9-17)16-28-12-14-29(15-13-28)19-6-4-3-5-7-19/h3-11,22H,2,12-16H2,1H3,(H2,26,27,31). The molecule has 0 bridgehead atoms. The number of anilines is 1. The summed E-state index contributed by atoms with van der Waals surface area (Å²) in [4.78, 5) is 29.8. The third-order valence-corrected chi connectivity index (χ3v) is 5.73. The molecule has 2 heterocycles. The number of esters is 1. The zero-order valence-electron chi connectivity index (χ0n) is 18.0. The van der Waals surface area contributed by atoms with E-state index >= 15 is 0 Å². The van der Waals surface area contributed by atoms with E-state index in [0.717, 1.165) is 26.2 Å². The number of halogens is 1. The number of piperazine rings is 1. The number of benzene rings is 2. The third kappa shape index (κ3) is 4.91. The molecule has 32 heavy (non-hydrogen) atoms. The second kappa shape index (κ2) is 9.82. The molecular weight excluding hydrogens is 411 g/mol. The molecule has 2 aliphatic rings. The summed E-state index contributed by atoms with van der Waals surface area (Å²) < 4.78 is 18.7. The molecule has 168 valence electrons. The Balaban J connectivity index is 1.56. The molecule has 2 aromatic carbocycles. The molecule has 0 spiro atoms. The van der Waals surface area contributed by atoms with E-state index < -0.39 is 18.0 Å². The van der Waals surface area contributed by atoms with Crippen LogP contribution in [-0.4, -0.2) is 56.2 Å². The highest BCUT2D eigenvalue weighted by molar-refractivity contribution is 5.95. The van der Waals surface area contributed by atoms with Crippen LogP contribution < -0.4 is 15.5 Å². The molecule has 0 saturated carbocycles. The van der Waals surface area contributed by atoms with E-state index in [9.17, 15) is 14.0 Å². The Morgan fingerprint density at radius 2 is 1.75 bits per heavy atom. The maximum atomic E-state index is 13.4. The molecule has 2 amide bonds. The summed E-state index contributed by atoms with van der Waals surface area (Å²) in [5, 5.41) is 5.59. The molecular formula is C24H27FN4O3. The Bertz CT molecular complexity index is 986. The van der Waals surface area contributed by atoms with Crippen LogP contribution in [0.3, 0.4) is 0 Å². The van der Waals surface area contributed by atoms with Crippen molar-refractivity contribution in [2.24, 2.45) is 0 Å². The number of carbonyl (C=O) groups excluding carboxylic acids is 2. The van der Waals surface area contributed by atoms with Gasteiger partial charge in [-0.1, -0.05) is 30.3 Å². The quantitative estimate of drug-likeness (QED) is 0.679. The number of carbonyl (C=O) groups is 2. The Labute approximate surface area is 186 Å². The summed E-state index contributed by atoms with van der Waals surface area (Å²) >= 11 is 0. The van der Waals surface area contributed by atoms with Gasteiger partial charge in [-0.05, 0) is 36.8 Å². The topological polar surface area (TPSA) is 73.9 Å². The van der Waals surface area contributed by atoms with E-state index in [2.05, 4.69) is 32.6 Å². The van der Waals surface area contributed by atoms with Gasteiger partial charge in [0, 0.05) is 44.1 Å². The van der Waals surface area contributed by atoms with Gasteiger partial charge in [0.1, 0.15) is 5.82 Å². The number of urea groups is 1. The summed E-state index contributed by atoms with van der Waals surface area (Å²) in [7, 11) is 0. The third-order valence-electron chi connectivity index (χ3n) is 5.73. The molecule has 2 N–H and O–H groups in total. The number of para-hydroxylation sites is 1. The number of ether oxygens (including phenoxy) is 1. The lowest BCUT2D eigenvalue weighted by Crippen LogP contribution is -2.51. The summed E-state index contributed by atoms with van der Waals surface area (Å²) in [5.41, 5.74) is 2.68. The van der Waals surface area contributed by atoms with Crippen LogP contribution in [-0.2, 0) is 9.53 Å². The highest BCUT2D eigenvalue weighted by Crippen LogP contribution is 2.28. The first-order valence-corrected chi connectivity index (χ1v) is 10.8. The molecule has 7 nitrogen and oxygen atoms in total. The van der Waals surface area contributed by atoms with Crippen LogP contribution in [0.5, 0.6) is 0 Å². The van der Waals surface area contributed by atoms with Crippen molar-refractivity contribution >= 4 is 17.7 Å². The Morgan fingerprint density at radius 3 is 2.41 bits per heavy atom. The van der Waals surface area contributed by atoms with Gasteiger partial charge in [0.15, 0.2) is 0 Å². The first-order chi connectivity index (χ1) is 15.5. The summed E-state index contributed by atoms with van der Waals surface area (Å²) in [5.74, 6) is -0.876. The SMILES string of the molecule is CCOC(=O)C1=C(CN2CCN(c3ccccc3)CC2)NC(=O)NC1c1ccc(F)cc1. The Morgan fingerprint density at radius 1 is 1.06 bits per heavy atom. The molecule has 2 aliphatic heterocycles. The van der Waals surface area contributed by atoms with Gasteiger partial charge in [-0.15, -0.1) is 0 Å². The van der Waals surface area contributed by atoms with Gasteiger partial charge in [0.05, 0.1) is 18.2 Å². The lowest BCUT2D eigenvalue weighted by atomic mass is 9.95. The molecule has 0 aromatic heterocycles. The minimum atomic E-state index is -0.705. The summed E-state index contributed by atoms with van der Waals surface area (Å²) in [6.45, 7) is 5.65. The smallest absolute Gasteiger partial charge is 0.338 e. The van der Waals surface area contributed by atoms with Crippen LogP contribution in [0.25, 0.3) is 0 Å². The van der Waals surface area contributed by atoms with Crippen molar-refractivity contribution in [3.8, 4) is 0 Å². The number of nitrogens with zero attached hydrogens (tertiary/aromatic N) is 2. The largest absolute Gasteiger partial charge is 0.463 e. The second-order valence-corrected chi connectivity index (χ2v) is 7.79. The van der Waals surface area contributed by atoms with Crippen molar-refractivity contribution in [3.05, 3.63) is 77.2 Å². The predicted octanol–water partition coefficient (Wildman–Crippen LogP) is 2.82. The van der Waals surface area contributed by atoms with Crippen molar-refractivity contribution < 1.29 is 18.7 Å². The molecule has 2 aromatic rings. The Kier molecular flexibility index (Phi) is 6.70. The molecule has 1 fully saturated rings. The minimum absolute atomic E-state index is 0.218. The zero-order chi connectivity index (χ0) is 22.5. The highest BCUT2D eigenvalue weighted by atomic mass is 19.1. The molecule has 1 atom stereocenters. The molecule has 8 heteroatoms. The second-order valence-electron chi connectivity index (χ2n) is 7.79. The van der Waals surface area contributed by atoms with Crippen LogP contribution in [0, 0.1) is 5.82 Å². The molecule has 0 radical (unpaired) electrons. The van der Waals surface area contributed by atoms with Crippen molar-refractivity contribution in [1.82, 2.24) is 15.5 Å². The maximum Gasteiger partial charge on any atom is 0.338 e. The van der Waals surface area contributed by atoms with Gasteiger partial charge in [0.25, 0.3) is 0 Å².